The summed E-state index contributed by atoms with van der Waals surface area (Å²) in [7, 11) is 4.07. The second-order valence-electron chi connectivity index (χ2n) is 6.64. The Morgan fingerprint density at radius 2 is 1.92 bits per heavy atom. The molecule has 2 aromatic heterocycles. The molecule has 0 aliphatic heterocycles. The van der Waals surface area contributed by atoms with Gasteiger partial charge in [-0.1, -0.05) is 29.0 Å². The molecule has 3 aromatic rings. The van der Waals surface area contributed by atoms with Crippen molar-refractivity contribution in [3.05, 3.63) is 44.6 Å². The van der Waals surface area contributed by atoms with Crippen LogP contribution in [-0.2, 0) is 0 Å². The topological polar surface area (TPSA) is 36.4 Å². The highest BCUT2D eigenvalue weighted by molar-refractivity contribution is 7.22. The van der Waals surface area contributed by atoms with E-state index in [-0.39, 0.29) is 5.91 Å². The maximum atomic E-state index is 13.1. The van der Waals surface area contributed by atoms with E-state index in [2.05, 4.69) is 30.9 Å². The van der Waals surface area contributed by atoms with Gasteiger partial charge in [-0.25, -0.2) is 4.98 Å². The lowest BCUT2D eigenvalue weighted by Crippen LogP contribution is -2.32. The Labute approximate surface area is 167 Å². The van der Waals surface area contributed by atoms with E-state index in [0.29, 0.717) is 15.8 Å². The smallest absolute Gasteiger partial charge is 0.270 e. The average molecular weight is 408 g/mol. The molecule has 1 amide bonds. The minimum atomic E-state index is -0.0333. The standard InChI is InChI=1S/C19H22ClN3OS2/c1-12-10-13(2)17-14(11-12)21-19(26-17)23(9-5-8-22(3)4)18(24)15-6-7-16(20)25-15/h6-7,10-11H,5,8-9H2,1-4H3. The van der Waals surface area contributed by atoms with E-state index in [1.807, 2.05) is 14.1 Å². The largest absolute Gasteiger partial charge is 0.309 e. The predicted molar refractivity (Wildman–Crippen MR) is 113 cm³/mol. The zero-order chi connectivity index (χ0) is 18.8. The first-order chi connectivity index (χ1) is 12.3. The van der Waals surface area contributed by atoms with Gasteiger partial charge in [-0.2, -0.15) is 0 Å². The van der Waals surface area contributed by atoms with Crippen LogP contribution in [0.15, 0.2) is 24.3 Å². The minimum absolute atomic E-state index is 0.0333. The van der Waals surface area contributed by atoms with Crippen LogP contribution in [0.3, 0.4) is 0 Å². The Morgan fingerprint density at radius 3 is 2.58 bits per heavy atom. The third-order valence-electron chi connectivity index (χ3n) is 4.06. The van der Waals surface area contributed by atoms with Gasteiger partial charge in [-0.3, -0.25) is 9.69 Å². The lowest BCUT2D eigenvalue weighted by molar-refractivity contribution is 0.0990. The van der Waals surface area contributed by atoms with Crippen molar-refractivity contribution in [3.63, 3.8) is 0 Å². The summed E-state index contributed by atoms with van der Waals surface area (Å²) < 4.78 is 1.76. The number of rotatable bonds is 6. The molecule has 0 radical (unpaired) electrons. The molecule has 0 spiro atoms. The van der Waals surface area contributed by atoms with Crippen LogP contribution in [0.1, 0.15) is 27.2 Å². The molecule has 1 aromatic carbocycles. The summed E-state index contributed by atoms with van der Waals surface area (Å²) in [4.78, 5) is 22.4. The number of anilines is 1. The fourth-order valence-electron chi connectivity index (χ4n) is 2.87. The van der Waals surface area contributed by atoms with E-state index in [1.165, 1.54) is 22.5 Å². The van der Waals surface area contributed by atoms with Gasteiger partial charge in [0.25, 0.3) is 5.91 Å². The number of amides is 1. The van der Waals surface area contributed by atoms with E-state index in [1.54, 1.807) is 28.4 Å². The molecule has 138 valence electrons. The van der Waals surface area contributed by atoms with Crippen molar-refractivity contribution in [2.75, 3.05) is 32.1 Å². The third-order valence-corrected chi connectivity index (χ3v) is 6.50. The SMILES string of the molecule is Cc1cc(C)c2sc(N(CCCN(C)C)C(=O)c3ccc(Cl)s3)nc2c1. The summed E-state index contributed by atoms with van der Waals surface area (Å²) >= 11 is 8.92. The van der Waals surface area contributed by atoms with Crippen molar-refractivity contribution in [1.29, 1.82) is 0 Å². The van der Waals surface area contributed by atoms with Crippen molar-refractivity contribution in [2.24, 2.45) is 0 Å². The number of thiazole rings is 1. The van der Waals surface area contributed by atoms with E-state index >= 15 is 0 Å². The number of carbonyl (C=O) groups is 1. The molecule has 26 heavy (non-hydrogen) atoms. The van der Waals surface area contributed by atoms with Gasteiger partial charge in [0.1, 0.15) is 0 Å². The fourth-order valence-corrected chi connectivity index (χ4v) is 4.90. The van der Waals surface area contributed by atoms with E-state index in [9.17, 15) is 4.79 Å². The summed E-state index contributed by atoms with van der Waals surface area (Å²) in [5, 5.41) is 0.752. The van der Waals surface area contributed by atoms with E-state index in [4.69, 9.17) is 16.6 Å². The van der Waals surface area contributed by atoms with Crippen molar-refractivity contribution >= 4 is 55.5 Å². The van der Waals surface area contributed by atoms with Gasteiger partial charge >= 0.3 is 0 Å². The predicted octanol–water partition coefficient (Wildman–Crippen LogP) is 5.23. The average Bonchev–Trinajstić information content (AvgIpc) is 3.17. The first-order valence-corrected chi connectivity index (χ1v) is 10.5. The maximum absolute atomic E-state index is 13.1. The summed E-state index contributed by atoms with van der Waals surface area (Å²) in [6.07, 6.45) is 0.881. The van der Waals surface area contributed by atoms with Crippen LogP contribution in [0, 0.1) is 13.8 Å². The molecule has 0 aliphatic carbocycles. The molecule has 2 heterocycles. The zero-order valence-electron chi connectivity index (χ0n) is 15.4. The number of hydrogen-bond acceptors (Lipinski definition) is 5. The number of fused-ring (bicyclic) bond motifs is 1. The number of benzene rings is 1. The van der Waals surface area contributed by atoms with Gasteiger partial charge in [-0.05, 0) is 70.2 Å². The van der Waals surface area contributed by atoms with Gasteiger partial charge in [0, 0.05) is 6.54 Å². The Morgan fingerprint density at radius 1 is 1.15 bits per heavy atom. The monoisotopic (exact) mass is 407 g/mol. The van der Waals surface area contributed by atoms with Crippen LogP contribution in [0.25, 0.3) is 10.2 Å². The second kappa shape index (κ2) is 8.05. The first-order valence-electron chi connectivity index (χ1n) is 8.45. The molecular formula is C19H22ClN3OS2. The second-order valence-corrected chi connectivity index (χ2v) is 9.34. The van der Waals surface area contributed by atoms with Gasteiger partial charge in [0.05, 0.1) is 19.4 Å². The number of carbonyl (C=O) groups excluding carboxylic acids is 1. The molecular weight excluding hydrogens is 386 g/mol. The lowest BCUT2D eigenvalue weighted by Gasteiger charge is -2.20. The molecule has 4 nitrogen and oxygen atoms in total. The number of aromatic nitrogens is 1. The quantitative estimate of drug-likeness (QED) is 0.561. The summed E-state index contributed by atoms with van der Waals surface area (Å²) in [5.41, 5.74) is 3.34. The van der Waals surface area contributed by atoms with E-state index in [0.717, 1.165) is 28.3 Å². The zero-order valence-corrected chi connectivity index (χ0v) is 17.8. The van der Waals surface area contributed by atoms with Gasteiger partial charge in [-0.15, -0.1) is 11.3 Å². The Bertz CT molecular complexity index is 932. The molecule has 3 rings (SSSR count). The van der Waals surface area contributed by atoms with Crippen LogP contribution in [0.4, 0.5) is 5.13 Å². The molecule has 0 N–H and O–H groups in total. The van der Waals surface area contributed by atoms with Crippen LogP contribution < -0.4 is 4.90 Å². The number of aryl methyl sites for hydroxylation is 2. The normalized spacial score (nSPS) is 11.5. The summed E-state index contributed by atoms with van der Waals surface area (Å²) in [6, 6.07) is 7.79. The van der Waals surface area contributed by atoms with E-state index < -0.39 is 0 Å². The highest BCUT2D eigenvalue weighted by atomic mass is 35.5. The fraction of sp³-hybridized carbons (Fsp3) is 0.368. The molecule has 7 heteroatoms. The number of hydrogen-bond donors (Lipinski definition) is 0. The van der Waals surface area contributed by atoms with Gasteiger partial charge in [0.2, 0.25) is 0 Å². The molecule has 0 saturated heterocycles. The molecule has 0 fully saturated rings. The van der Waals surface area contributed by atoms with Crippen LogP contribution in [0.5, 0.6) is 0 Å². The van der Waals surface area contributed by atoms with Crippen LogP contribution in [0.2, 0.25) is 4.34 Å². The van der Waals surface area contributed by atoms with Crippen molar-refractivity contribution in [2.45, 2.75) is 20.3 Å². The van der Waals surface area contributed by atoms with Crippen molar-refractivity contribution in [3.8, 4) is 0 Å². The highest BCUT2D eigenvalue weighted by Gasteiger charge is 2.23. The molecule has 0 bridgehead atoms. The third kappa shape index (κ3) is 4.26. The first kappa shape index (κ1) is 19.3. The van der Waals surface area contributed by atoms with Gasteiger partial charge < -0.3 is 4.90 Å². The summed E-state index contributed by atoms with van der Waals surface area (Å²) in [5.74, 6) is -0.0333. The maximum Gasteiger partial charge on any atom is 0.270 e. The van der Waals surface area contributed by atoms with Crippen LogP contribution in [-0.4, -0.2) is 43.0 Å². The Balaban J connectivity index is 1.96. The minimum Gasteiger partial charge on any atom is -0.309 e. The number of thiophene rings is 1. The molecule has 0 aliphatic rings. The summed E-state index contributed by atoms with van der Waals surface area (Å²) in [6.45, 7) is 5.70. The van der Waals surface area contributed by atoms with Crippen molar-refractivity contribution < 1.29 is 4.79 Å². The molecule has 0 unspecified atom stereocenters. The lowest BCUT2D eigenvalue weighted by atomic mass is 10.1. The highest BCUT2D eigenvalue weighted by Crippen LogP contribution is 2.34. The number of nitrogens with zero attached hydrogens (tertiary/aromatic N) is 3. The Kier molecular flexibility index (Phi) is 5.97. The van der Waals surface area contributed by atoms with Crippen molar-refractivity contribution in [1.82, 2.24) is 9.88 Å². The molecule has 0 saturated carbocycles. The number of halogens is 1. The van der Waals surface area contributed by atoms with Gasteiger partial charge in [0.15, 0.2) is 5.13 Å². The Hall–Kier alpha value is -1.47. The molecule has 0 atom stereocenters. The van der Waals surface area contributed by atoms with Crippen LogP contribution >= 0.6 is 34.3 Å².